The SMILES string of the molecule is CC(CN1CCCC1=O)NC(=O)Nc1cccc(COc2cccc(F)c2)c1. The molecular weight excluding hydrogens is 361 g/mol. The zero-order valence-electron chi connectivity index (χ0n) is 15.8. The summed E-state index contributed by atoms with van der Waals surface area (Å²) in [5, 5.41) is 5.63. The van der Waals surface area contributed by atoms with Crippen LogP contribution < -0.4 is 15.4 Å². The number of rotatable bonds is 7. The summed E-state index contributed by atoms with van der Waals surface area (Å²) < 4.78 is 18.8. The highest BCUT2D eigenvalue weighted by Gasteiger charge is 2.22. The quantitative estimate of drug-likeness (QED) is 0.766. The zero-order chi connectivity index (χ0) is 19.9. The summed E-state index contributed by atoms with van der Waals surface area (Å²) in [6.45, 7) is 3.39. The molecule has 1 atom stereocenters. The number of amides is 3. The van der Waals surface area contributed by atoms with Gasteiger partial charge in [0, 0.05) is 37.3 Å². The summed E-state index contributed by atoms with van der Waals surface area (Å²) in [5.74, 6) is 0.232. The molecule has 0 bridgehead atoms. The summed E-state index contributed by atoms with van der Waals surface area (Å²) in [6, 6.07) is 12.7. The smallest absolute Gasteiger partial charge is 0.319 e. The highest BCUT2D eigenvalue weighted by Crippen LogP contribution is 2.16. The fourth-order valence-corrected chi connectivity index (χ4v) is 3.13. The third-order valence-corrected chi connectivity index (χ3v) is 4.43. The van der Waals surface area contributed by atoms with Crippen LogP contribution in [0.15, 0.2) is 48.5 Å². The lowest BCUT2D eigenvalue weighted by Crippen LogP contribution is -2.44. The fourth-order valence-electron chi connectivity index (χ4n) is 3.13. The van der Waals surface area contributed by atoms with E-state index in [9.17, 15) is 14.0 Å². The Balaban J connectivity index is 1.49. The average molecular weight is 385 g/mol. The van der Waals surface area contributed by atoms with E-state index in [0.717, 1.165) is 18.5 Å². The lowest BCUT2D eigenvalue weighted by molar-refractivity contribution is -0.127. The molecule has 1 heterocycles. The van der Waals surface area contributed by atoms with E-state index in [1.165, 1.54) is 12.1 Å². The third kappa shape index (κ3) is 5.70. The first-order valence-corrected chi connectivity index (χ1v) is 9.32. The average Bonchev–Trinajstić information content (AvgIpc) is 3.05. The van der Waals surface area contributed by atoms with Gasteiger partial charge in [-0.3, -0.25) is 4.79 Å². The number of nitrogens with one attached hydrogen (secondary N) is 2. The second-order valence-electron chi connectivity index (χ2n) is 6.89. The summed E-state index contributed by atoms with van der Waals surface area (Å²) in [6.07, 6.45) is 1.46. The lowest BCUT2D eigenvalue weighted by atomic mass is 10.2. The minimum atomic E-state index is -0.352. The second kappa shape index (κ2) is 9.21. The number of nitrogens with zero attached hydrogens (tertiary/aromatic N) is 1. The third-order valence-electron chi connectivity index (χ3n) is 4.43. The van der Waals surface area contributed by atoms with Crippen LogP contribution in [0.25, 0.3) is 0 Å². The van der Waals surface area contributed by atoms with Gasteiger partial charge in [-0.05, 0) is 43.2 Å². The summed E-state index contributed by atoms with van der Waals surface area (Å²) in [4.78, 5) is 25.7. The van der Waals surface area contributed by atoms with Crippen LogP contribution in [-0.2, 0) is 11.4 Å². The Morgan fingerprint density at radius 1 is 1.25 bits per heavy atom. The molecule has 148 valence electrons. The maximum Gasteiger partial charge on any atom is 0.319 e. The normalized spacial score (nSPS) is 14.6. The number of carbonyl (C=O) groups excluding carboxylic acids is 2. The van der Waals surface area contributed by atoms with Crippen molar-refractivity contribution in [1.82, 2.24) is 10.2 Å². The number of benzene rings is 2. The van der Waals surface area contributed by atoms with Gasteiger partial charge in [0.25, 0.3) is 0 Å². The van der Waals surface area contributed by atoms with E-state index in [2.05, 4.69) is 10.6 Å². The molecule has 0 saturated carbocycles. The molecule has 1 unspecified atom stereocenters. The van der Waals surface area contributed by atoms with Crippen LogP contribution in [0.4, 0.5) is 14.9 Å². The van der Waals surface area contributed by atoms with Crippen molar-refractivity contribution in [3.63, 3.8) is 0 Å². The van der Waals surface area contributed by atoms with E-state index < -0.39 is 0 Å². The van der Waals surface area contributed by atoms with Gasteiger partial charge in [-0.1, -0.05) is 18.2 Å². The number of urea groups is 1. The monoisotopic (exact) mass is 385 g/mol. The minimum Gasteiger partial charge on any atom is -0.489 e. The summed E-state index contributed by atoms with van der Waals surface area (Å²) >= 11 is 0. The van der Waals surface area contributed by atoms with Gasteiger partial charge in [-0.25, -0.2) is 9.18 Å². The number of hydrogen-bond donors (Lipinski definition) is 2. The predicted molar refractivity (Wildman–Crippen MR) is 105 cm³/mol. The molecule has 2 aromatic rings. The van der Waals surface area contributed by atoms with Gasteiger partial charge in [0.05, 0.1) is 0 Å². The largest absolute Gasteiger partial charge is 0.489 e. The van der Waals surface area contributed by atoms with E-state index in [1.54, 1.807) is 29.2 Å². The van der Waals surface area contributed by atoms with E-state index in [1.807, 2.05) is 19.1 Å². The van der Waals surface area contributed by atoms with Crippen molar-refractivity contribution in [2.45, 2.75) is 32.4 Å². The van der Waals surface area contributed by atoms with Crippen LogP contribution in [0.3, 0.4) is 0 Å². The second-order valence-corrected chi connectivity index (χ2v) is 6.89. The molecular formula is C21H24FN3O3. The van der Waals surface area contributed by atoms with Crippen LogP contribution in [-0.4, -0.2) is 36.0 Å². The Labute approximate surface area is 163 Å². The molecule has 2 N–H and O–H groups in total. The first kappa shape index (κ1) is 19.7. The van der Waals surface area contributed by atoms with Crippen LogP contribution >= 0.6 is 0 Å². The van der Waals surface area contributed by atoms with Crippen molar-refractivity contribution in [2.75, 3.05) is 18.4 Å². The highest BCUT2D eigenvalue weighted by atomic mass is 19.1. The van der Waals surface area contributed by atoms with Crippen molar-refractivity contribution >= 4 is 17.6 Å². The van der Waals surface area contributed by atoms with Crippen LogP contribution in [0.1, 0.15) is 25.3 Å². The molecule has 0 aliphatic carbocycles. The first-order chi connectivity index (χ1) is 13.5. The van der Waals surface area contributed by atoms with Crippen molar-refractivity contribution in [3.05, 3.63) is 59.9 Å². The molecule has 1 fully saturated rings. The molecule has 2 aromatic carbocycles. The molecule has 0 aromatic heterocycles. The summed E-state index contributed by atoms with van der Waals surface area (Å²) in [5.41, 5.74) is 1.47. The standard InChI is InChI=1S/C21H24FN3O3/c1-15(13-25-10-4-9-20(25)26)23-21(27)24-18-7-2-5-16(11-18)14-28-19-8-3-6-17(22)12-19/h2-3,5-8,11-12,15H,4,9-10,13-14H2,1H3,(H2,23,24,27). The predicted octanol–water partition coefficient (Wildman–Crippen LogP) is 3.54. The number of halogens is 1. The van der Waals surface area contributed by atoms with Gasteiger partial charge in [-0.2, -0.15) is 0 Å². The number of hydrogen-bond acceptors (Lipinski definition) is 3. The molecule has 3 amide bonds. The topological polar surface area (TPSA) is 70.7 Å². The molecule has 0 spiro atoms. The Morgan fingerprint density at radius 3 is 2.82 bits per heavy atom. The Kier molecular flexibility index (Phi) is 6.47. The molecule has 28 heavy (non-hydrogen) atoms. The van der Waals surface area contributed by atoms with Gasteiger partial charge in [0.1, 0.15) is 18.2 Å². The van der Waals surface area contributed by atoms with Gasteiger partial charge in [0.15, 0.2) is 0 Å². The van der Waals surface area contributed by atoms with Crippen LogP contribution in [0, 0.1) is 5.82 Å². The van der Waals surface area contributed by atoms with E-state index in [4.69, 9.17) is 4.74 Å². The first-order valence-electron chi connectivity index (χ1n) is 9.32. The van der Waals surface area contributed by atoms with Crippen LogP contribution in [0.2, 0.25) is 0 Å². The molecule has 1 saturated heterocycles. The summed E-state index contributed by atoms with van der Waals surface area (Å²) in [7, 11) is 0. The number of likely N-dealkylation sites (tertiary alicyclic amines) is 1. The van der Waals surface area contributed by atoms with E-state index in [0.29, 0.717) is 24.4 Å². The lowest BCUT2D eigenvalue weighted by Gasteiger charge is -2.21. The van der Waals surface area contributed by atoms with Crippen molar-refractivity contribution in [1.29, 1.82) is 0 Å². The van der Waals surface area contributed by atoms with Gasteiger partial charge in [-0.15, -0.1) is 0 Å². The fraction of sp³-hybridized carbons (Fsp3) is 0.333. The van der Waals surface area contributed by atoms with E-state index >= 15 is 0 Å². The zero-order valence-corrected chi connectivity index (χ0v) is 15.8. The number of carbonyl (C=O) groups is 2. The number of anilines is 1. The van der Waals surface area contributed by atoms with Gasteiger partial charge in [0.2, 0.25) is 5.91 Å². The molecule has 7 heteroatoms. The molecule has 1 aliphatic rings. The van der Waals surface area contributed by atoms with Crippen molar-refractivity contribution in [3.8, 4) is 5.75 Å². The highest BCUT2D eigenvalue weighted by molar-refractivity contribution is 5.89. The Morgan fingerprint density at radius 2 is 2.07 bits per heavy atom. The Hall–Kier alpha value is -3.09. The number of ether oxygens (including phenoxy) is 1. The Bertz CT molecular complexity index is 843. The van der Waals surface area contributed by atoms with Crippen molar-refractivity contribution < 1.29 is 18.7 Å². The molecule has 6 nitrogen and oxygen atoms in total. The van der Waals surface area contributed by atoms with Gasteiger partial charge < -0.3 is 20.3 Å². The molecule has 0 radical (unpaired) electrons. The minimum absolute atomic E-state index is 0.139. The van der Waals surface area contributed by atoms with Gasteiger partial charge >= 0.3 is 6.03 Å². The maximum atomic E-state index is 13.2. The maximum absolute atomic E-state index is 13.2. The molecule has 1 aliphatic heterocycles. The molecule has 3 rings (SSSR count). The van der Waals surface area contributed by atoms with E-state index in [-0.39, 0.29) is 30.4 Å². The van der Waals surface area contributed by atoms with Crippen molar-refractivity contribution in [2.24, 2.45) is 0 Å². The van der Waals surface area contributed by atoms with Crippen LogP contribution in [0.5, 0.6) is 5.75 Å².